The molecule has 1 aliphatic rings. The molecule has 2 nitrogen and oxygen atoms in total. The molecule has 0 spiro atoms. The van der Waals surface area contributed by atoms with Gasteiger partial charge in [-0.1, -0.05) is 26.2 Å². The summed E-state index contributed by atoms with van der Waals surface area (Å²) < 4.78 is 5.52. The summed E-state index contributed by atoms with van der Waals surface area (Å²) in [5, 5.41) is 3.58. The standard InChI is InChI=1S/C14H29NO/c1-12(2)16-10-6-9-15-11-14-8-5-4-7-13(14)3/h12-15H,4-11H2,1-3H3. The molecule has 0 amide bonds. The maximum atomic E-state index is 5.52. The quantitative estimate of drug-likeness (QED) is 0.674. The van der Waals surface area contributed by atoms with E-state index in [2.05, 4.69) is 26.1 Å². The minimum Gasteiger partial charge on any atom is -0.379 e. The third-order valence-electron chi connectivity index (χ3n) is 3.64. The molecule has 2 unspecified atom stereocenters. The van der Waals surface area contributed by atoms with Gasteiger partial charge in [-0.3, -0.25) is 0 Å². The Hall–Kier alpha value is -0.0800. The monoisotopic (exact) mass is 227 g/mol. The van der Waals surface area contributed by atoms with Crippen LogP contribution in [0.3, 0.4) is 0 Å². The zero-order valence-electron chi connectivity index (χ0n) is 11.3. The van der Waals surface area contributed by atoms with Crippen LogP contribution in [-0.4, -0.2) is 25.8 Å². The molecule has 2 atom stereocenters. The van der Waals surface area contributed by atoms with Crippen LogP contribution >= 0.6 is 0 Å². The van der Waals surface area contributed by atoms with Crippen LogP contribution in [0.1, 0.15) is 52.9 Å². The van der Waals surface area contributed by atoms with Crippen LogP contribution in [0.5, 0.6) is 0 Å². The number of ether oxygens (including phenoxy) is 1. The number of nitrogens with one attached hydrogen (secondary N) is 1. The molecule has 0 bridgehead atoms. The number of hydrogen-bond acceptors (Lipinski definition) is 2. The number of hydrogen-bond donors (Lipinski definition) is 1. The minimum atomic E-state index is 0.373. The first kappa shape index (κ1) is 14.0. The van der Waals surface area contributed by atoms with E-state index < -0.39 is 0 Å². The van der Waals surface area contributed by atoms with E-state index in [0.29, 0.717) is 6.10 Å². The van der Waals surface area contributed by atoms with Crippen molar-refractivity contribution >= 4 is 0 Å². The first-order chi connectivity index (χ1) is 7.70. The van der Waals surface area contributed by atoms with E-state index in [1.54, 1.807) is 0 Å². The normalized spacial score (nSPS) is 26.2. The van der Waals surface area contributed by atoms with Gasteiger partial charge in [0.05, 0.1) is 6.10 Å². The van der Waals surface area contributed by atoms with Crippen LogP contribution in [0, 0.1) is 11.8 Å². The van der Waals surface area contributed by atoms with Crippen LogP contribution < -0.4 is 5.32 Å². The molecule has 1 rings (SSSR count). The predicted octanol–water partition coefficient (Wildman–Crippen LogP) is 3.22. The second-order valence-corrected chi connectivity index (χ2v) is 5.50. The van der Waals surface area contributed by atoms with Crippen LogP contribution in [-0.2, 0) is 4.74 Å². The van der Waals surface area contributed by atoms with Gasteiger partial charge in [0.1, 0.15) is 0 Å². The first-order valence-corrected chi connectivity index (χ1v) is 7.02. The molecule has 0 radical (unpaired) electrons. The van der Waals surface area contributed by atoms with Gasteiger partial charge < -0.3 is 10.1 Å². The van der Waals surface area contributed by atoms with Crippen molar-refractivity contribution < 1.29 is 4.74 Å². The lowest BCUT2D eigenvalue weighted by molar-refractivity contribution is 0.0767. The lowest BCUT2D eigenvalue weighted by Gasteiger charge is -2.28. The Morgan fingerprint density at radius 1 is 1.25 bits per heavy atom. The Kier molecular flexibility index (Phi) is 7.06. The molecule has 2 heteroatoms. The van der Waals surface area contributed by atoms with Crippen LogP contribution in [0.4, 0.5) is 0 Å². The summed E-state index contributed by atoms with van der Waals surface area (Å²) in [6, 6.07) is 0. The van der Waals surface area contributed by atoms with Gasteiger partial charge in [0.25, 0.3) is 0 Å². The average Bonchev–Trinajstić information content (AvgIpc) is 2.25. The second kappa shape index (κ2) is 8.08. The Morgan fingerprint density at radius 3 is 2.69 bits per heavy atom. The van der Waals surface area contributed by atoms with Gasteiger partial charge in [0.2, 0.25) is 0 Å². The van der Waals surface area contributed by atoms with Gasteiger partial charge in [-0.2, -0.15) is 0 Å². The predicted molar refractivity (Wildman–Crippen MR) is 69.7 cm³/mol. The molecule has 0 aromatic heterocycles. The molecule has 0 heterocycles. The third-order valence-corrected chi connectivity index (χ3v) is 3.64. The molecular weight excluding hydrogens is 198 g/mol. The van der Waals surface area contributed by atoms with Gasteiger partial charge in [0, 0.05) is 6.61 Å². The zero-order valence-corrected chi connectivity index (χ0v) is 11.3. The highest BCUT2D eigenvalue weighted by Gasteiger charge is 2.20. The Bertz CT molecular complexity index is 170. The first-order valence-electron chi connectivity index (χ1n) is 7.02. The molecule has 0 aromatic rings. The lowest BCUT2D eigenvalue weighted by Crippen LogP contribution is -2.30. The summed E-state index contributed by atoms with van der Waals surface area (Å²) in [5.74, 6) is 1.84. The fourth-order valence-corrected chi connectivity index (χ4v) is 2.50. The van der Waals surface area contributed by atoms with Crippen molar-refractivity contribution in [1.82, 2.24) is 5.32 Å². The molecule has 96 valence electrons. The van der Waals surface area contributed by atoms with Crippen LogP contribution in [0.15, 0.2) is 0 Å². The highest BCUT2D eigenvalue weighted by Crippen LogP contribution is 2.28. The largest absolute Gasteiger partial charge is 0.379 e. The molecule has 1 N–H and O–H groups in total. The van der Waals surface area contributed by atoms with Gasteiger partial charge in [0.15, 0.2) is 0 Å². The van der Waals surface area contributed by atoms with E-state index in [0.717, 1.165) is 31.4 Å². The highest BCUT2D eigenvalue weighted by molar-refractivity contribution is 4.73. The molecule has 0 saturated heterocycles. The van der Waals surface area contributed by atoms with E-state index in [1.807, 2.05) is 0 Å². The lowest BCUT2D eigenvalue weighted by atomic mass is 9.80. The smallest absolute Gasteiger partial charge is 0.0518 e. The van der Waals surface area contributed by atoms with E-state index in [4.69, 9.17) is 4.74 Å². The van der Waals surface area contributed by atoms with Crippen molar-refractivity contribution in [3.8, 4) is 0 Å². The summed E-state index contributed by atoms with van der Waals surface area (Å²) in [5.41, 5.74) is 0. The van der Waals surface area contributed by atoms with Gasteiger partial charge in [-0.25, -0.2) is 0 Å². The molecule has 1 fully saturated rings. The average molecular weight is 227 g/mol. The van der Waals surface area contributed by atoms with Crippen LogP contribution in [0.25, 0.3) is 0 Å². The van der Waals surface area contributed by atoms with Crippen molar-refractivity contribution in [2.24, 2.45) is 11.8 Å². The Morgan fingerprint density at radius 2 is 2.00 bits per heavy atom. The summed E-state index contributed by atoms with van der Waals surface area (Å²) in [6.45, 7) is 9.81. The molecule has 1 aliphatic carbocycles. The molecule has 1 saturated carbocycles. The topological polar surface area (TPSA) is 21.3 Å². The Balaban J connectivity index is 1.94. The maximum absolute atomic E-state index is 5.52. The summed E-state index contributed by atoms with van der Waals surface area (Å²) in [6.07, 6.45) is 7.25. The summed E-state index contributed by atoms with van der Waals surface area (Å²) >= 11 is 0. The van der Waals surface area contributed by atoms with Crippen molar-refractivity contribution in [2.75, 3.05) is 19.7 Å². The molecular formula is C14H29NO. The Labute approximate surface area is 101 Å². The fraction of sp³-hybridized carbons (Fsp3) is 1.00. The van der Waals surface area contributed by atoms with Crippen LogP contribution in [0.2, 0.25) is 0 Å². The second-order valence-electron chi connectivity index (χ2n) is 5.50. The highest BCUT2D eigenvalue weighted by atomic mass is 16.5. The van der Waals surface area contributed by atoms with Gasteiger partial charge in [-0.15, -0.1) is 0 Å². The van der Waals surface area contributed by atoms with Crippen molar-refractivity contribution in [2.45, 2.75) is 59.0 Å². The van der Waals surface area contributed by atoms with E-state index in [1.165, 1.54) is 32.2 Å². The number of rotatable bonds is 7. The minimum absolute atomic E-state index is 0.373. The van der Waals surface area contributed by atoms with Gasteiger partial charge in [-0.05, 0) is 51.6 Å². The molecule has 0 aromatic carbocycles. The molecule has 0 aliphatic heterocycles. The van der Waals surface area contributed by atoms with Gasteiger partial charge >= 0.3 is 0 Å². The maximum Gasteiger partial charge on any atom is 0.0518 e. The summed E-state index contributed by atoms with van der Waals surface area (Å²) in [4.78, 5) is 0. The molecule has 16 heavy (non-hydrogen) atoms. The van der Waals surface area contributed by atoms with E-state index in [9.17, 15) is 0 Å². The van der Waals surface area contributed by atoms with Crippen molar-refractivity contribution in [3.63, 3.8) is 0 Å². The van der Waals surface area contributed by atoms with Crippen molar-refractivity contribution in [1.29, 1.82) is 0 Å². The van der Waals surface area contributed by atoms with E-state index >= 15 is 0 Å². The fourth-order valence-electron chi connectivity index (χ4n) is 2.50. The van der Waals surface area contributed by atoms with Crippen molar-refractivity contribution in [3.05, 3.63) is 0 Å². The third kappa shape index (κ3) is 5.86. The van der Waals surface area contributed by atoms with E-state index in [-0.39, 0.29) is 0 Å². The summed E-state index contributed by atoms with van der Waals surface area (Å²) in [7, 11) is 0. The SMILES string of the molecule is CC(C)OCCCNCC1CCCCC1C. The zero-order chi connectivity index (χ0) is 11.8.